The second-order valence-electron chi connectivity index (χ2n) is 7.74. The maximum absolute atomic E-state index is 5.88. The summed E-state index contributed by atoms with van der Waals surface area (Å²) in [6.07, 6.45) is 3.45. The van der Waals surface area contributed by atoms with Gasteiger partial charge in [0.05, 0.1) is 26.4 Å². The predicted molar refractivity (Wildman–Crippen MR) is 113 cm³/mol. The summed E-state index contributed by atoms with van der Waals surface area (Å²) in [5, 5.41) is 2.47. The Hall–Kier alpha value is -2.62. The van der Waals surface area contributed by atoms with Crippen molar-refractivity contribution >= 4 is 16.3 Å². The summed E-state index contributed by atoms with van der Waals surface area (Å²) >= 11 is 0. The highest BCUT2D eigenvalue weighted by molar-refractivity contribution is 5.87. The van der Waals surface area contributed by atoms with Gasteiger partial charge in [-0.3, -0.25) is 4.90 Å². The van der Waals surface area contributed by atoms with E-state index in [-0.39, 0.29) is 0 Å². The summed E-state index contributed by atoms with van der Waals surface area (Å²) in [7, 11) is 1.71. The van der Waals surface area contributed by atoms with Gasteiger partial charge >= 0.3 is 0 Å². The van der Waals surface area contributed by atoms with Crippen molar-refractivity contribution in [2.24, 2.45) is 0 Å². The third-order valence-corrected chi connectivity index (χ3v) is 5.97. The van der Waals surface area contributed by atoms with Crippen molar-refractivity contribution in [3.05, 3.63) is 83.9 Å². The summed E-state index contributed by atoms with van der Waals surface area (Å²) in [4.78, 5) is 2.61. The number of benzene rings is 3. The van der Waals surface area contributed by atoms with E-state index in [0.29, 0.717) is 12.1 Å². The van der Waals surface area contributed by atoms with Gasteiger partial charge < -0.3 is 9.47 Å². The van der Waals surface area contributed by atoms with Crippen LogP contribution in [0.25, 0.3) is 16.3 Å². The zero-order valence-electron chi connectivity index (χ0n) is 16.2. The van der Waals surface area contributed by atoms with Gasteiger partial charge in [0.25, 0.3) is 0 Å². The van der Waals surface area contributed by atoms with Gasteiger partial charge in [-0.1, -0.05) is 54.6 Å². The Labute approximate surface area is 166 Å². The lowest BCUT2D eigenvalue weighted by molar-refractivity contribution is -0.0402. The van der Waals surface area contributed by atoms with Gasteiger partial charge in [-0.05, 0) is 52.1 Å². The summed E-state index contributed by atoms with van der Waals surface area (Å²) in [6, 6.07) is 24.6. The zero-order chi connectivity index (χ0) is 18.9. The number of morpholine rings is 1. The van der Waals surface area contributed by atoms with Crippen molar-refractivity contribution in [3.63, 3.8) is 0 Å². The van der Waals surface area contributed by atoms with Crippen molar-refractivity contribution < 1.29 is 9.47 Å². The van der Waals surface area contributed by atoms with Crippen LogP contribution in [-0.4, -0.2) is 37.3 Å². The number of hydrogen-bond donors (Lipinski definition) is 0. The minimum atomic E-state index is 0.342. The van der Waals surface area contributed by atoms with E-state index < -0.39 is 0 Å². The van der Waals surface area contributed by atoms with Gasteiger partial charge in [0.15, 0.2) is 0 Å². The molecular weight excluding hydrogens is 346 g/mol. The van der Waals surface area contributed by atoms with Crippen molar-refractivity contribution in [3.8, 4) is 5.75 Å². The van der Waals surface area contributed by atoms with Gasteiger partial charge in [0.2, 0.25) is 0 Å². The molecule has 0 radical (unpaired) electrons. The number of hydrogen-bond acceptors (Lipinski definition) is 3. The second-order valence-corrected chi connectivity index (χ2v) is 7.74. The zero-order valence-corrected chi connectivity index (χ0v) is 16.2. The molecule has 0 spiro atoms. The Morgan fingerprint density at radius 2 is 1.79 bits per heavy atom. The Kier molecular flexibility index (Phi) is 4.63. The number of ether oxygens (including phenoxy) is 2. The molecule has 0 amide bonds. The molecule has 0 N–H and O–H groups in total. The van der Waals surface area contributed by atoms with Crippen LogP contribution in [0.4, 0.5) is 0 Å². The van der Waals surface area contributed by atoms with Crippen LogP contribution >= 0.6 is 0 Å². The van der Waals surface area contributed by atoms with E-state index in [0.717, 1.165) is 31.9 Å². The first-order valence-corrected chi connectivity index (χ1v) is 9.96. The normalized spacial score (nSPS) is 22.1. The van der Waals surface area contributed by atoms with E-state index in [9.17, 15) is 0 Å². The highest BCUT2D eigenvalue weighted by Gasteiger charge is 2.34. The van der Waals surface area contributed by atoms with E-state index in [1.54, 1.807) is 7.11 Å². The fourth-order valence-electron chi connectivity index (χ4n) is 4.47. The van der Waals surface area contributed by atoms with Crippen LogP contribution < -0.4 is 4.74 Å². The van der Waals surface area contributed by atoms with Crippen LogP contribution in [-0.2, 0) is 11.3 Å². The van der Waals surface area contributed by atoms with Crippen molar-refractivity contribution in [1.29, 1.82) is 0 Å². The molecule has 0 saturated carbocycles. The second kappa shape index (κ2) is 7.42. The average Bonchev–Trinajstić information content (AvgIpc) is 2.73. The highest BCUT2D eigenvalue weighted by atomic mass is 16.5. The molecule has 2 atom stereocenters. The molecule has 3 nitrogen and oxygen atoms in total. The fraction of sp³-hybridized carbons (Fsp3) is 0.280. The van der Waals surface area contributed by atoms with Gasteiger partial charge in [-0.25, -0.2) is 0 Å². The molecule has 3 heteroatoms. The van der Waals surface area contributed by atoms with Crippen LogP contribution in [0.1, 0.15) is 17.5 Å². The third kappa shape index (κ3) is 3.32. The Morgan fingerprint density at radius 1 is 0.964 bits per heavy atom. The van der Waals surface area contributed by atoms with Crippen molar-refractivity contribution in [1.82, 2.24) is 4.90 Å². The molecule has 2 aliphatic heterocycles. The number of methoxy groups -OCH3 is 1. The monoisotopic (exact) mass is 371 g/mol. The highest BCUT2D eigenvalue weighted by Crippen LogP contribution is 2.35. The summed E-state index contributed by atoms with van der Waals surface area (Å²) in [5.41, 5.74) is 4.14. The molecule has 2 unspecified atom stereocenters. The molecule has 2 bridgehead atoms. The molecule has 142 valence electrons. The number of nitrogens with zero attached hydrogens (tertiary/aromatic N) is 1. The fourth-order valence-corrected chi connectivity index (χ4v) is 4.47. The van der Waals surface area contributed by atoms with Crippen LogP contribution in [0.15, 0.2) is 72.8 Å². The molecule has 0 aliphatic carbocycles. The molecule has 2 aliphatic rings. The molecule has 2 heterocycles. The third-order valence-electron chi connectivity index (χ3n) is 5.97. The molecule has 3 aromatic rings. The minimum absolute atomic E-state index is 0.342. The first-order chi connectivity index (χ1) is 13.8. The summed E-state index contributed by atoms with van der Waals surface area (Å²) in [5.74, 6) is 0.903. The Bertz CT molecular complexity index is 1010. The average molecular weight is 371 g/mol. The number of fused-ring (bicyclic) bond motifs is 3. The molecule has 3 aromatic carbocycles. The van der Waals surface area contributed by atoms with E-state index in [4.69, 9.17) is 9.47 Å². The van der Waals surface area contributed by atoms with E-state index >= 15 is 0 Å². The van der Waals surface area contributed by atoms with E-state index in [2.05, 4.69) is 71.6 Å². The van der Waals surface area contributed by atoms with Gasteiger partial charge in [0.1, 0.15) is 5.75 Å². The lowest BCUT2D eigenvalue weighted by Crippen LogP contribution is -2.53. The maximum atomic E-state index is 5.88. The molecule has 1 saturated heterocycles. The van der Waals surface area contributed by atoms with Gasteiger partial charge in [-0.2, -0.15) is 0 Å². The SMILES string of the molecule is COc1ccc2cc(C3=CC4COCC(C3)N4Cc3ccccc3)ccc2c1. The van der Waals surface area contributed by atoms with Crippen LogP contribution in [0.3, 0.4) is 0 Å². The molecule has 28 heavy (non-hydrogen) atoms. The summed E-state index contributed by atoms with van der Waals surface area (Å²) in [6.45, 7) is 2.57. The van der Waals surface area contributed by atoms with Gasteiger partial charge in [0, 0.05) is 12.6 Å². The van der Waals surface area contributed by atoms with Crippen molar-refractivity contribution in [2.45, 2.75) is 25.0 Å². The lowest BCUT2D eigenvalue weighted by atomic mass is 9.88. The first-order valence-electron chi connectivity index (χ1n) is 9.96. The predicted octanol–water partition coefficient (Wildman–Crippen LogP) is 4.91. The van der Waals surface area contributed by atoms with Crippen molar-refractivity contribution in [2.75, 3.05) is 20.3 Å². The standard InChI is InChI=1S/C25H25NO2/c1-27-25-10-9-19-11-20(7-8-21(19)14-25)22-12-23-16-28-17-24(13-22)26(23)15-18-5-3-2-4-6-18/h2-12,14,23-24H,13,15-17H2,1H3. The van der Waals surface area contributed by atoms with E-state index in [1.165, 1.54) is 27.5 Å². The first kappa shape index (κ1) is 17.5. The quantitative estimate of drug-likeness (QED) is 0.651. The minimum Gasteiger partial charge on any atom is -0.497 e. The van der Waals surface area contributed by atoms with Crippen LogP contribution in [0, 0.1) is 0 Å². The Morgan fingerprint density at radius 3 is 2.61 bits per heavy atom. The topological polar surface area (TPSA) is 21.7 Å². The lowest BCUT2D eigenvalue weighted by Gasteiger charge is -2.45. The molecule has 0 aromatic heterocycles. The smallest absolute Gasteiger partial charge is 0.119 e. The molecule has 5 rings (SSSR count). The Balaban J connectivity index is 1.44. The van der Waals surface area contributed by atoms with Crippen LogP contribution in [0.5, 0.6) is 5.75 Å². The molecular formula is C25H25NO2. The maximum Gasteiger partial charge on any atom is 0.119 e. The summed E-state index contributed by atoms with van der Waals surface area (Å²) < 4.78 is 11.2. The number of rotatable bonds is 4. The molecule has 1 fully saturated rings. The van der Waals surface area contributed by atoms with Gasteiger partial charge in [-0.15, -0.1) is 0 Å². The van der Waals surface area contributed by atoms with Crippen LogP contribution in [0.2, 0.25) is 0 Å². The van der Waals surface area contributed by atoms with E-state index in [1.807, 2.05) is 6.07 Å². The largest absolute Gasteiger partial charge is 0.497 e.